The standard InChI is InChI=1S/C10H17NO3/c1-9(12)14-8-2-3-10(13)4-6-11-7-5-10/h2-3,11,13H,4-8H2,1H3/b3-2+. The van der Waals surface area contributed by atoms with E-state index in [4.69, 9.17) is 4.74 Å². The van der Waals surface area contributed by atoms with Crippen molar-refractivity contribution in [2.75, 3.05) is 19.7 Å². The maximum absolute atomic E-state index is 10.4. The van der Waals surface area contributed by atoms with Crippen LogP contribution in [0.2, 0.25) is 0 Å². The van der Waals surface area contributed by atoms with Crippen LogP contribution in [0.5, 0.6) is 0 Å². The second kappa shape index (κ2) is 5.12. The van der Waals surface area contributed by atoms with Crippen LogP contribution in [0.3, 0.4) is 0 Å². The van der Waals surface area contributed by atoms with Crippen molar-refractivity contribution in [3.05, 3.63) is 12.2 Å². The van der Waals surface area contributed by atoms with Crippen LogP contribution in [0, 0.1) is 0 Å². The molecule has 0 unspecified atom stereocenters. The fourth-order valence-corrected chi connectivity index (χ4v) is 1.46. The van der Waals surface area contributed by atoms with E-state index in [2.05, 4.69) is 5.32 Å². The van der Waals surface area contributed by atoms with Gasteiger partial charge in [0.2, 0.25) is 0 Å². The summed E-state index contributed by atoms with van der Waals surface area (Å²) in [7, 11) is 0. The van der Waals surface area contributed by atoms with Crippen molar-refractivity contribution in [3.8, 4) is 0 Å². The zero-order valence-corrected chi connectivity index (χ0v) is 8.45. The van der Waals surface area contributed by atoms with Gasteiger partial charge in [0, 0.05) is 6.92 Å². The molecule has 1 saturated heterocycles. The summed E-state index contributed by atoms with van der Waals surface area (Å²) < 4.78 is 4.73. The summed E-state index contributed by atoms with van der Waals surface area (Å²) in [6.07, 6.45) is 4.86. The molecule has 0 amide bonds. The van der Waals surface area contributed by atoms with Gasteiger partial charge in [-0.15, -0.1) is 0 Å². The Bertz CT molecular complexity index is 219. The Morgan fingerprint density at radius 2 is 2.21 bits per heavy atom. The number of esters is 1. The molecule has 80 valence electrons. The highest BCUT2D eigenvalue weighted by Gasteiger charge is 2.25. The number of carbonyl (C=O) groups is 1. The molecule has 4 heteroatoms. The molecular formula is C10H17NO3. The number of hydrogen-bond donors (Lipinski definition) is 2. The minimum Gasteiger partial charge on any atom is -0.462 e. The molecule has 4 nitrogen and oxygen atoms in total. The van der Waals surface area contributed by atoms with Gasteiger partial charge in [0.1, 0.15) is 6.61 Å². The summed E-state index contributed by atoms with van der Waals surface area (Å²) in [5, 5.41) is 13.1. The van der Waals surface area contributed by atoms with Crippen LogP contribution in [0.25, 0.3) is 0 Å². The summed E-state index contributed by atoms with van der Waals surface area (Å²) in [6, 6.07) is 0. The van der Waals surface area contributed by atoms with Crippen molar-refractivity contribution >= 4 is 5.97 Å². The Balaban J connectivity index is 2.29. The molecule has 0 atom stereocenters. The number of hydrogen-bond acceptors (Lipinski definition) is 4. The summed E-state index contributed by atoms with van der Waals surface area (Å²) in [5.41, 5.74) is -0.717. The van der Waals surface area contributed by atoms with Crippen LogP contribution < -0.4 is 5.32 Å². The number of rotatable bonds is 3. The second-order valence-corrected chi connectivity index (χ2v) is 3.56. The van der Waals surface area contributed by atoms with Crippen LogP contribution in [-0.2, 0) is 9.53 Å². The highest BCUT2D eigenvalue weighted by molar-refractivity contribution is 5.65. The molecular weight excluding hydrogens is 182 g/mol. The molecule has 14 heavy (non-hydrogen) atoms. The van der Waals surface area contributed by atoms with Gasteiger partial charge in [0.05, 0.1) is 5.60 Å². The van der Waals surface area contributed by atoms with E-state index in [1.54, 1.807) is 12.2 Å². The van der Waals surface area contributed by atoms with E-state index >= 15 is 0 Å². The monoisotopic (exact) mass is 199 g/mol. The van der Waals surface area contributed by atoms with Crippen molar-refractivity contribution < 1.29 is 14.6 Å². The smallest absolute Gasteiger partial charge is 0.302 e. The van der Waals surface area contributed by atoms with E-state index in [0.29, 0.717) is 12.8 Å². The normalized spacial score (nSPS) is 21.0. The zero-order chi connectivity index (χ0) is 10.4. The first-order valence-electron chi connectivity index (χ1n) is 4.87. The topological polar surface area (TPSA) is 58.6 Å². The van der Waals surface area contributed by atoms with Gasteiger partial charge >= 0.3 is 5.97 Å². The average Bonchev–Trinajstić information content (AvgIpc) is 2.14. The first-order chi connectivity index (χ1) is 6.62. The van der Waals surface area contributed by atoms with E-state index in [9.17, 15) is 9.90 Å². The van der Waals surface area contributed by atoms with Crippen LogP contribution in [0.1, 0.15) is 19.8 Å². The van der Waals surface area contributed by atoms with Crippen molar-refractivity contribution in [2.24, 2.45) is 0 Å². The Kier molecular flexibility index (Phi) is 4.10. The minimum atomic E-state index is -0.717. The van der Waals surface area contributed by atoms with Crippen molar-refractivity contribution in [3.63, 3.8) is 0 Å². The number of ether oxygens (including phenoxy) is 1. The van der Waals surface area contributed by atoms with E-state index in [-0.39, 0.29) is 12.6 Å². The first kappa shape index (κ1) is 11.2. The summed E-state index contributed by atoms with van der Waals surface area (Å²) in [4.78, 5) is 10.4. The molecule has 0 aliphatic carbocycles. The molecule has 0 spiro atoms. The van der Waals surface area contributed by atoms with E-state index < -0.39 is 5.60 Å². The lowest BCUT2D eigenvalue weighted by atomic mass is 9.92. The quantitative estimate of drug-likeness (QED) is 0.504. The lowest BCUT2D eigenvalue weighted by Crippen LogP contribution is -2.40. The molecule has 0 saturated carbocycles. The average molecular weight is 199 g/mol. The Morgan fingerprint density at radius 3 is 2.79 bits per heavy atom. The molecule has 0 bridgehead atoms. The summed E-state index contributed by atoms with van der Waals surface area (Å²) in [5.74, 6) is -0.299. The van der Waals surface area contributed by atoms with Gasteiger partial charge in [-0.25, -0.2) is 0 Å². The number of carbonyl (C=O) groups excluding carboxylic acids is 1. The minimum absolute atomic E-state index is 0.241. The molecule has 0 aromatic rings. The van der Waals surface area contributed by atoms with Gasteiger partial charge < -0.3 is 15.2 Å². The van der Waals surface area contributed by atoms with E-state index in [1.807, 2.05) is 0 Å². The molecule has 2 N–H and O–H groups in total. The van der Waals surface area contributed by atoms with Crippen molar-refractivity contribution in [1.29, 1.82) is 0 Å². The molecule has 0 aromatic heterocycles. The van der Waals surface area contributed by atoms with Crippen molar-refractivity contribution in [1.82, 2.24) is 5.32 Å². The third-order valence-electron chi connectivity index (χ3n) is 2.28. The third kappa shape index (κ3) is 3.89. The summed E-state index contributed by atoms with van der Waals surface area (Å²) >= 11 is 0. The van der Waals surface area contributed by atoms with Gasteiger partial charge in [-0.3, -0.25) is 4.79 Å². The van der Waals surface area contributed by atoms with Gasteiger partial charge in [-0.05, 0) is 32.0 Å². The zero-order valence-electron chi connectivity index (χ0n) is 8.45. The van der Waals surface area contributed by atoms with E-state index in [0.717, 1.165) is 13.1 Å². The van der Waals surface area contributed by atoms with E-state index in [1.165, 1.54) is 6.92 Å². The molecule has 1 fully saturated rings. The highest BCUT2D eigenvalue weighted by Crippen LogP contribution is 2.18. The highest BCUT2D eigenvalue weighted by atomic mass is 16.5. The largest absolute Gasteiger partial charge is 0.462 e. The Morgan fingerprint density at radius 1 is 1.57 bits per heavy atom. The van der Waals surface area contributed by atoms with Gasteiger partial charge in [-0.1, -0.05) is 6.08 Å². The van der Waals surface area contributed by atoms with Gasteiger partial charge in [0.25, 0.3) is 0 Å². The molecule has 0 radical (unpaired) electrons. The summed E-state index contributed by atoms with van der Waals surface area (Å²) in [6.45, 7) is 3.26. The molecule has 0 aromatic carbocycles. The second-order valence-electron chi connectivity index (χ2n) is 3.56. The maximum Gasteiger partial charge on any atom is 0.302 e. The Hall–Kier alpha value is -0.870. The fraction of sp³-hybridized carbons (Fsp3) is 0.700. The van der Waals surface area contributed by atoms with Gasteiger partial charge in [-0.2, -0.15) is 0 Å². The van der Waals surface area contributed by atoms with Crippen LogP contribution in [-0.4, -0.2) is 36.4 Å². The number of nitrogens with one attached hydrogen (secondary N) is 1. The lowest BCUT2D eigenvalue weighted by molar-refractivity contribution is -0.139. The van der Waals surface area contributed by atoms with Crippen LogP contribution in [0.4, 0.5) is 0 Å². The molecule has 1 heterocycles. The number of aliphatic hydroxyl groups is 1. The predicted octanol–water partition coefficient (Wildman–Crippen LogP) is 0.220. The molecule has 1 aliphatic rings. The van der Waals surface area contributed by atoms with Crippen LogP contribution in [0.15, 0.2) is 12.2 Å². The lowest BCUT2D eigenvalue weighted by Gasteiger charge is -2.29. The van der Waals surface area contributed by atoms with Crippen molar-refractivity contribution in [2.45, 2.75) is 25.4 Å². The number of piperidine rings is 1. The predicted molar refractivity (Wildman–Crippen MR) is 52.8 cm³/mol. The SMILES string of the molecule is CC(=O)OC/C=C/C1(O)CCNCC1. The Labute approximate surface area is 83.9 Å². The van der Waals surface area contributed by atoms with Gasteiger partial charge in [0.15, 0.2) is 0 Å². The first-order valence-corrected chi connectivity index (χ1v) is 4.87. The molecule has 1 rings (SSSR count). The van der Waals surface area contributed by atoms with Crippen LogP contribution >= 0.6 is 0 Å². The third-order valence-corrected chi connectivity index (χ3v) is 2.28. The maximum atomic E-state index is 10.4. The fourth-order valence-electron chi connectivity index (χ4n) is 1.46. The molecule has 1 aliphatic heterocycles.